The molecule has 1 amide bonds. The number of aromatic nitrogens is 1. The van der Waals surface area contributed by atoms with Crippen molar-refractivity contribution in [3.05, 3.63) is 26.6 Å². The molecule has 0 aliphatic heterocycles. The lowest BCUT2D eigenvalue weighted by Gasteiger charge is -2.22. The van der Waals surface area contributed by atoms with E-state index in [9.17, 15) is 9.59 Å². The van der Waals surface area contributed by atoms with Crippen LogP contribution in [0.2, 0.25) is 0 Å². The van der Waals surface area contributed by atoms with Gasteiger partial charge in [0.15, 0.2) is 0 Å². The van der Waals surface area contributed by atoms with Gasteiger partial charge in [-0.1, -0.05) is 30.8 Å². The van der Waals surface area contributed by atoms with Gasteiger partial charge in [0.2, 0.25) is 0 Å². The van der Waals surface area contributed by atoms with Gasteiger partial charge in [0.1, 0.15) is 0 Å². The van der Waals surface area contributed by atoms with Crippen LogP contribution in [0.15, 0.2) is 4.79 Å². The van der Waals surface area contributed by atoms with Gasteiger partial charge in [-0.2, -0.15) is 16.6 Å². The SMILES string of the molecule is [C-]#[N+]c1c(CS)sn(C(=O)NC2CCCCC2)c1=O. The summed E-state index contributed by atoms with van der Waals surface area (Å²) in [4.78, 5) is 27.7. The van der Waals surface area contributed by atoms with E-state index in [2.05, 4.69) is 22.8 Å². The zero-order valence-electron chi connectivity index (χ0n) is 10.4. The number of nitrogens with zero attached hydrogens (tertiary/aromatic N) is 2. The van der Waals surface area contributed by atoms with Crippen molar-refractivity contribution in [2.45, 2.75) is 43.9 Å². The first-order valence-electron chi connectivity index (χ1n) is 6.21. The summed E-state index contributed by atoms with van der Waals surface area (Å²) in [6.07, 6.45) is 5.35. The Kier molecular flexibility index (Phi) is 4.66. The van der Waals surface area contributed by atoms with E-state index in [-0.39, 0.29) is 11.7 Å². The van der Waals surface area contributed by atoms with E-state index in [1.54, 1.807) is 0 Å². The molecule has 1 aromatic heterocycles. The summed E-state index contributed by atoms with van der Waals surface area (Å²) in [6, 6.07) is -0.272. The Balaban J connectivity index is 2.17. The molecule has 1 aliphatic rings. The lowest BCUT2D eigenvalue weighted by Crippen LogP contribution is -2.40. The zero-order chi connectivity index (χ0) is 13.8. The molecule has 1 fully saturated rings. The first-order chi connectivity index (χ1) is 9.17. The van der Waals surface area contributed by atoms with Crippen molar-refractivity contribution in [3.63, 3.8) is 0 Å². The van der Waals surface area contributed by atoms with Gasteiger partial charge in [-0.25, -0.2) is 9.64 Å². The van der Waals surface area contributed by atoms with E-state index in [0.29, 0.717) is 10.6 Å². The molecule has 102 valence electrons. The number of carbonyl (C=O) groups excluding carboxylic acids is 1. The molecule has 0 saturated heterocycles. The second-order valence-electron chi connectivity index (χ2n) is 4.52. The minimum atomic E-state index is -0.530. The Morgan fingerprint density at radius 2 is 2.16 bits per heavy atom. The monoisotopic (exact) mass is 297 g/mol. The van der Waals surface area contributed by atoms with Gasteiger partial charge >= 0.3 is 6.03 Å². The molecule has 0 atom stereocenters. The number of amides is 1. The van der Waals surface area contributed by atoms with Crippen molar-refractivity contribution in [3.8, 4) is 0 Å². The first kappa shape index (κ1) is 14.2. The number of hydrogen-bond donors (Lipinski definition) is 2. The summed E-state index contributed by atoms with van der Waals surface area (Å²) in [7, 11) is 0. The van der Waals surface area contributed by atoms with E-state index in [1.165, 1.54) is 6.42 Å². The van der Waals surface area contributed by atoms with E-state index < -0.39 is 11.6 Å². The van der Waals surface area contributed by atoms with E-state index in [1.807, 2.05) is 0 Å². The van der Waals surface area contributed by atoms with Crippen LogP contribution < -0.4 is 10.9 Å². The van der Waals surface area contributed by atoms with Gasteiger partial charge in [0.25, 0.3) is 11.2 Å². The molecule has 1 heterocycles. The predicted octanol–water partition coefficient (Wildman–Crippen LogP) is 2.78. The van der Waals surface area contributed by atoms with Crippen molar-refractivity contribution in [2.24, 2.45) is 0 Å². The van der Waals surface area contributed by atoms with Gasteiger partial charge in [-0.3, -0.25) is 4.79 Å². The maximum Gasteiger partial charge on any atom is 0.337 e. The van der Waals surface area contributed by atoms with Crippen LogP contribution in [0, 0.1) is 6.57 Å². The van der Waals surface area contributed by atoms with Gasteiger partial charge < -0.3 is 5.32 Å². The Labute approximate surface area is 121 Å². The molecule has 1 N–H and O–H groups in total. The fourth-order valence-corrected chi connectivity index (χ4v) is 3.36. The highest BCUT2D eigenvalue weighted by Crippen LogP contribution is 2.22. The van der Waals surface area contributed by atoms with E-state index >= 15 is 0 Å². The Morgan fingerprint density at radius 1 is 1.47 bits per heavy atom. The molecular weight excluding hydrogens is 282 g/mol. The van der Waals surface area contributed by atoms with Crippen LogP contribution in [0.5, 0.6) is 0 Å². The molecule has 0 bridgehead atoms. The van der Waals surface area contributed by atoms with Gasteiger partial charge in [0, 0.05) is 16.7 Å². The van der Waals surface area contributed by atoms with Crippen LogP contribution in [0.3, 0.4) is 0 Å². The summed E-state index contributed by atoms with van der Waals surface area (Å²) in [5.41, 5.74) is -0.517. The van der Waals surface area contributed by atoms with E-state index in [0.717, 1.165) is 41.2 Å². The zero-order valence-corrected chi connectivity index (χ0v) is 12.1. The Morgan fingerprint density at radius 3 is 2.68 bits per heavy atom. The molecule has 0 radical (unpaired) electrons. The third kappa shape index (κ3) is 3.01. The van der Waals surface area contributed by atoms with Crippen molar-refractivity contribution >= 4 is 35.9 Å². The van der Waals surface area contributed by atoms with Crippen LogP contribution in [0.4, 0.5) is 10.5 Å². The van der Waals surface area contributed by atoms with Crippen molar-refractivity contribution < 1.29 is 4.79 Å². The maximum atomic E-state index is 12.1. The van der Waals surface area contributed by atoms with E-state index in [4.69, 9.17) is 6.57 Å². The lowest BCUT2D eigenvalue weighted by atomic mass is 9.96. The fraction of sp³-hybridized carbons (Fsp3) is 0.583. The molecule has 1 saturated carbocycles. The molecule has 2 rings (SSSR count). The number of thiol groups is 1. The predicted molar refractivity (Wildman–Crippen MR) is 78.3 cm³/mol. The summed E-state index contributed by atoms with van der Waals surface area (Å²) in [5.74, 6) is 0.293. The summed E-state index contributed by atoms with van der Waals surface area (Å²) in [5, 5.41) is 2.87. The maximum absolute atomic E-state index is 12.1. The molecule has 5 nitrogen and oxygen atoms in total. The normalized spacial score (nSPS) is 16.0. The van der Waals surface area contributed by atoms with Crippen molar-refractivity contribution in [2.75, 3.05) is 0 Å². The number of hydrogen-bond acceptors (Lipinski definition) is 4. The van der Waals surface area contributed by atoms with Gasteiger partial charge in [0.05, 0.1) is 6.57 Å². The molecule has 19 heavy (non-hydrogen) atoms. The number of carbonyl (C=O) groups is 1. The highest BCUT2D eigenvalue weighted by atomic mass is 32.1. The summed E-state index contributed by atoms with van der Waals surface area (Å²) < 4.78 is 1.04. The van der Waals surface area contributed by atoms with Gasteiger partial charge in [-0.05, 0) is 12.8 Å². The molecule has 7 heteroatoms. The van der Waals surface area contributed by atoms with Crippen LogP contribution in [0.25, 0.3) is 4.85 Å². The molecule has 0 aromatic carbocycles. The third-order valence-electron chi connectivity index (χ3n) is 3.23. The lowest BCUT2D eigenvalue weighted by molar-refractivity contribution is 0.235. The smallest absolute Gasteiger partial charge is 0.334 e. The topological polar surface area (TPSA) is 55.5 Å². The molecule has 0 spiro atoms. The quantitative estimate of drug-likeness (QED) is 0.651. The van der Waals surface area contributed by atoms with Gasteiger partial charge in [-0.15, -0.1) is 0 Å². The molecule has 1 aliphatic carbocycles. The fourth-order valence-electron chi connectivity index (χ4n) is 2.24. The number of rotatable bonds is 2. The Hall–Kier alpha value is -1.26. The summed E-state index contributed by atoms with van der Waals surface area (Å²) in [6.45, 7) is 6.99. The highest BCUT2D eigenvalue weighted by molar-refractivity contribution is 7.79. The second kappa shape index (κ2) is 6.26. The average Bonchev–Trinajstić information content (AvgIpc) is 2.76. The third-order valence-corrected chi connectivity index (χ3v) is 4.83. The minimum Gasteiger partial charge on any atom is -0.334 e. The van der Waals surface area contributed by atoms with Crippen LogP contribution in [0.1, 0.15) is 37.0 Å². The number of nitrogens with one attached hydrogen (secondary N) is 1. The molecule has 1 aromatic rings. The molecule has 0 unspecified atom stereocenters. The first-order valence-corrected chi connectivity index (χ1v) is 7.62. The van der Waals surface area contributed by atoms with Crippen LogP contribution in [-0.4, -0.2) is 16.0 Å². The highest BCUT2D eigenvalue weighted by Gasteiger charge is 2.21. The van der Waals surface area contributed by atoms with Crippen molar-refractivity contribution in [1.29, 1.82) is 0 Å². The van der Waals surface area contributed by atoms with Crippen LogP contribution >= 0.6 is 24.2 Å². The Bertz CT molecular complexity index is 565. The van der Waals surface area contributed by atoms with Crippen LogP contribution in [-0.2, 0) is 5.75 Å². The average molecular weight is 297 g/mol. The molecular formula is C12H15N3O2S2. The summed E-state index contributed by atoms with van der Waals surface area (Å²) >= 11 is 5.09. The second-order valence-corrected chi connectivity index (χ2v) is 5.87. The van der Waals surface area contributed by atoms with Crippen molar-refractivity contribution in [1.82, 2.24) is 9.27 Å². The standard InChI is InChI=1S/C12H15N3O2S2/c1-13-10-9(7-18)19-15(11(10)16)12(17)14-8-5-3-2-4-6-8/h8,18H,2-7H2,(H,14,17). The minimum absolute atomic E-state index is 0.0128. The largest absolute Gasteiger partial charge is 0.337 e.